The molecule has 0 atom stereocenters. The predicted molar refractivity (Wildman–Crippen MR) is 214 cm³/mol. The number of nitrogens with zero attached hydrogens (tertiary/aromatic N) is 6. The Balaban J connectivity index is 1.15. The highest BCUT2D eigenvalue weighted by Gasteiger charge is 2.20. The summed E-state index contributed by atoms with van der Waals surface area (Å²) in [6.07, 6.45) is 0. The van der Waals surface area contributed by atoms with E-state index in [1.807, 2.05) is 84.9 Å². The monoisotopic (exact) mass is 680 g/mol. The lowest BCUT2D eigenvalue weighted by Crippen LogP contribution is -2.11. The molecule has 11 aromatic rings. The fourth-order valence-electron chi connectivity index (χ4n) is 7.90. The Morgan fingerprint density at radius 1 is 0.396 bits per heavy atom. The summed E-state index contributed by atoms with van der Waals surface area (Å²) in [6, 6.07) is 57.9. The molecule has 4 aromatic heterocycles. The van der Waals surface area contributed by atoms with E-state index < -0.39 is 0 Å². The third-order valence-corrected chi connectivity index (χ3v) is 10.3. The Morgan fingerprint density at radius 3 is 1.83 bits per heavy atom. The highest BCUT2D eigenvalue weighted by molar-refractivity contribution is 6.10. The van der Waals surface area contributed by atoms with E-state index in [4.69, 9.17) is 9.97 Å². The van der Waals surface area contributed by atoms with Gasteiger partial charge in [-0.1, -0.05) is 109 Å². The van der Waals surface area contributed by atoms with Gasteiger partial charge in [-0.3, -0.25) is 18.3 Å². The molecule has 7 aromatic carbocycles. The number of imidazole rings is 1. The Labute approximate surface area is 302 Å². The first-order valence-corrected chi connectivity index (χ1v) is 17.6. The second-order valence-electron chi connectivity index (χ2n) is 13.3. The molecule has 0 radical (unpaired) electrons. The van der Waals surface area contributed by atoms with Crippen LogP contribution in [0.3, 0.4) is 0 Å². The van der Waals surface area contributed by atoms with Gasteiger partial charge < -0.3 is 0 Å². The topological polar surface area (TPSA) is 70.0 Å². The standard InChI is InChI=1S/C46H28N6O/c53-44-35-19-9-12-22-39(35)52-42-28-31(24-26-41(42)50(46(52)49-44)32-15-5-2-6-16-32)30-23-25-40-36(27-30)33-17-8-11-21-38(33)51(40)45-47-37-20-10-7-18-34(37)43(48-45)29-13-3-1-4-14-29/h1-28H. The fraction of sp³-hybridized carbons (Fsp3) is 0. The van der Waals surface area contributed by atoms with Crippen molar-refractivity contribution in [2.24, 2.45) is 0 Å². The van der Waals surface area contributed by atoms with Crippen LogP contribution in [0.25, 0.3) is 94.4 Å². The minimum atomic E-state index is -0.242. The molecule has 0 bridgehead atoms. The summed E-state index contributed by atoms with van der Waals surface area (Å²) in [6.45, 7) is 0. The van der Waals surface area contributed by atoms with Crippen molar-refractivity contribution < 1.29 is 0 Å². The van der Waals surface area contributed by atoms with E-state index in [1.165, 1.54) is 0 Å². The lowest BCUT2D eigenvalue weighted by Gasteiger charge is -2.12. The Kier molecular flexibility index (Phi) is 6.27. The van der Waals surface area contributed by atoms with Crippen LogP contribution in [-0.4, -0.2) is 28.5 Å². The molecule has 4 heterocycles. The number of aromatic nitrogens is 6. The normalized spacial score (nSPS) is 11.8. The van der Waals surface area contributed by atoms with Gasteiger partial charge in [0.05, 0.1) is 44.2 Å². The zero-order valence-electron chi connectivity index (χ0n) is 28.3. The second kappa shape index (κ2) is 11.3. The molecular formula is C46H28N6O. The van der Waals surface area contributed by atoms with Crippen LogP contribution in [0.5, 0.6) is 0 Å². The first-order chi connectivity index (χ1) is 26.2. The number of rotatable bonds is 4. The fourth-order valence-corrected chi connectivity index (χ4v) is 7.90. The van der Waals surface area contributed by atoms with Gasteiger partial charge in [-0.2, -0.15) is 4.98 Å². The average molecular weight is 681 g/mol. The van der Waals surface area contributed by atoms with Crippen molar-refractivity contribution in [2.45, 2.75) is 0 Å². The van der Waals surface area contributed by atoms with E-state index >= 15 is 0 Å². The maximum Gasteiger partial charge on any atom is 0.282 e. The summed E-state index contributed by atoms with van der Waals surface area (Å²) >= 11 is 0. The van der Waals surface area contributed by atoms with Crippen LogP contribution in [0.1, 0.15) is 0 Å². The van der Waals surface area contributed by atoms with Gasteiger partial charge in [-0.05, 0) is 71.8 Å². The molecule has 11 rings (SSSR count). The maximum atomic E-state index is 13.3. The van der Waals surface area contributed by atoms with Crippen LogP contribution < -0.4 is 5.56 Å². The SMILES string of the molecule is O=c1nc2n(-c3ccccc3)c3ccc(-c4ccc5c(c4)c4ccccc4n5-c4nc(-c5ccccc5)c5ccccc5n4)cc3n2c2ccccc12. The lowest BCUT2D eigenvalue weighted by molar-refractivity contribution is 1.01. The van der Waals surface area contributed by atoms with Crippen LogP contribution in [0, 0.1) is 0 Å². The zero-order chi connectivity index (χ0) is 35.0. The predicted octanol–water partition coefficient (Wildman–Crippen LogP) is 10.2. The van der Waals surface area contributed by atoms with Crippen molar-refractivity contribution in [1.29, 1.82) is 0 Å². The summed E-state index contributed by atoms with van der Waals surface area (Å²) in [5.74, 6) is 1.21. The van der Waals surface area contributed by atoms with Crippen LogP contribution in [0.4, 0.5) is 0 Å². The average Bonchev–Trinajstić information content (AvgIpc) is 3.73. The highest BCUT2D eigenvalue weighted by atomic mass is 16.1. The third kappa shape index (κ3) is 4.41. The summed E-state index contributed by atoms with van der Waals surface area (Å²) in [5.41, 5.74) is 10.5. The first kappa shape index (κ1) is 29.4. The van der Waals surface area contributed by atoms with E-state index in [0.29, 0.717) is 17.1 Å². The van der Waals surface area contributed by atoms with Crippen molar-refractivity contribution in [3.63, 3.8) is 0 Å². The van der Waals surface area contributed by atoms with Crippen LogP contribution in [-0.2, 0) is 0 Å². The largest absolute Gasteiger partial charge is 0.282 e. The van der Waals surface area contributed by atoms with Crippen LogP contribution in [0.2, 0.25) is 0 Å². The van der Waals surface area contributed by atoms with Gasteiger partial charge in [0.25, 0.3) is 5.56 Å². The summed E-state index contributed by atoms with van der Waals surface area (Å²) in [4.78, 5) is 28.3. The van der Waals surface area contributed by atoms with Crippen LogP contribution >= 0.6 is 0 Å². The van der Waals surface area contributed by atoms with Gasteiger partial charge >= 0.3 is 0 Å². The Bertz CT molecular complexity index is 3310. The smallest absolute Gasteiger partial charge is 0.278 e. The molecule has 0 aliphatic carbocycles. The molecule has 248 valence electrons. The minimum Gasteiger partial charge on any atom is -0.278 e. The number of benzene rings is 7. The van der Waals surface area contributed by atoms with Crippen molar-refractivity contribution in [2.75, 3.05) is 0 Å². The van der Waals surface area contributed by atoms with Gasteiger partial charge in [0.15, 0.2) is 0 Å². The molecule has 0 saturated carbocycles. The van der Waals surface area contributed by atoms with Crippen molar-refractivity contribution in [3.05, 3.63) is 180 Å². The minimum absolute atomic E-state index is 0.242. The molecule has 0 amide bonds. The quantitative estimate of drug-likeness (QED) is 0.186. The van der Waals surface area contributed by atoms with Crippen molar-refractivity contribution in [1.82, 2.24) is 28.5 Å². The van der Waals surface area contributed by atoms with Gasteiger partial charge in [0.2, 0.25) is 11.7 Å². The van der Waals surface area contributed by atoms with E-state index in [1.54, 1.807) is 0 Å². The number of hydrogen-bond acceptors (Lipinski definition) is 4. The molecule has 53 heavy (non-hydrogen) atoms. The highest BCUT2D eigenvalue weighted by Crippen LogP contribution is 2.37. The molecule has 0 aliphatic rings. The maximum absolute atomic E-state index is 13.3. The van der Waals surface area contributed by atoms with E-state index in [0.717, 1.165) is 77.3 Å². The Morgan fingerprint density at radius 2 is 1.02 bits per heavy atom. The van der Waals surface area contributed by atoms with Gasteiger partial charge in [-0.15, -0.1) is 0 Å². The number of fused-ring (bicyclic) bond motifs is 9. The molecule has 0 fully saturated rings. The number of para-hydroxylation sites is 4. The van der Waals surface area contributed by atoms with Crippen molar-refractivity contribution >= 4 is 60.4 Å². The third-order valence-electron chi connectivity index (χ3n) is 10.3. The molecule has 0 unspecified atom stereocenters. The summed E-state index contributed by atoms with van der Waals surface area (Å²) in [5, 5.41) is 3.83. The van der Waals surface area contributed by atoms with Gasteiger partial charge in [0, 0.05) is 27.4 Å². The van der Waals surface area contributed by atoms with E-state index in [2.05, 4.69) is 103 Å². The van der Waals surface area contributed by atoms with Crippen LogP contribution in [0.15, 0.2) is 175 Å². The second-order valence-corrected chi connectivity index (χ2v) is 13.3. The molecule has 7 heteroatoms. The summed E-state index contributed by atoms with van der Waals surface area (Å²) in [7, 11) is 0. The molecule has 0 spiro atoms. The zero-order valence-corrected chi connectivity index (χ0v) is 28.3. The Hall–Kier alpha value is -7.38. The molecule has 7 nitrogen and oxygen atoms in total. The summed E-state index contributed by atoms with van der Waals surface area (Å²) < 4.78 is 6.35. The first-order valence-electron chi connectivity index (χ1n) is 17.6. The van der Waals surface area contributed by atoms with Gasteiger partial charge in [0.1, 0.15) is 0 Å². The van der Waals surface area contributed by atoms with Gasteiger partial charge in [-0.25, -0.2) is 9.97 Å². The van der Waals surface area contributed by atoms with E-state index in [9.17, 15) is 4.79 Å². The molecule has 0 N–H and O–H groups in total. The molecular weight excluding hydrogens is 653 g/mol. The van der Waals surface area contributed by atoms with E-state index in [-0.39, 0.29) is 5.56 Å². The molecule has 0 aliphatic heterocycles. The number of hydrogen-bond donors (Lipinski definition) is 0. The van der Waals surface area contributed by atoms with Crippen molar-refractivity contribution in [3.8, 4) is 34.0 Å². The molecule has 0 saturated heterocycles. The lowest BCUT2D eigenvalue weighted by atomic mass is 10.0.